The van der Waals surface area contributed by atoms with Crippen molar-refractivity contribution in [2.75, 3.05) is 19.6 Å². The van der Waals surface area contributed by atoms with Gasteiger partial charge in [0.2, 0.25) is 5.91 Å². The van der Waals surface area contributed by atoms with E-state index < -0.39 is 0 Å². The van der Waals surface area contributed by atoms with Crippen LogP contribution in [0.3, 0.4) is 0 Å². The highest BCUT2D eigenvalue weighted by molar-refractivity contribution is 5.85. The first-order valence-electron chi connectivity index (χ1n) is 9.25. The zero-order valence-corrected chi connectivity index (χ0v) is 16.5. The molecule has 2 fully saturated rings. The first-order valence-corrected chi connectivity index (χ1v) is 9.25. The average molecular weight is 368 g/mol. The molecular formula is C18H30ClN5O. The Morgan fingerprint density at radius 1 is 1.08 bits per heavy atom. The van der Waals surface area contributed by atoms with E-state index >= 15 is 0 Å². The van der Waals surface area contributed by atoms with Gasteiger partial charge in [-0.05, 0) is 23.7 Å². The van der Waals surface area contributed by atoms with Crippen LogP contribution in [0.15, 0.2) is 0 Å². The molecule has 0 bridgehead atoms. The number of hydrogen-bond acceptors (Lipinski definition) is 4. The summed E-state index contributed by atoms with van der Waals surface area (Å²) < 4.78 is 2.28. The molecule has 1 saturated heterocycles. The number of fused-ring (bicyclic) bond motifs is 1. The summed E-state index contributed by atoms with van der Waals surface area (Å²) in [5.41, 5.74) is 0.250. The van der Waals surface area contributed by atoms with Crippen molar-refractivity contribution in [3.63, 3.8) is 0 Å². The molecule has 2 aliphatic heterocycles. The maximum absolute atomic E-state index is 12.9. The number of hydrogen-bond donors (Lipinski definition) is 1. The predicted molar refractivity (Wildman–Crippen MR) is 98.6 cm³/mol. The molecule has 6 nitrogen and oxygen atoms in total. The molecule has 3 aliphatic rings. The smallest absolute Gasteiger partial charge is 0.226 e. The second-order valence-corrected chi connectivity index (χ2v) is 8.78. The molecule has 1 aromatic heterocycles. The van der Waals surface area contributed by atoms with Crippen molar-refractivity contribution < 1.29 is 4.79 Å². The van der Waals surface area contributed by atoms with E-state index in [9.17, 15) is 4.79 Å². The van der Waals surface area contributed by atoms with Gasteiger partial charge in [-0.3, -0.25) is 4.79 Å². The topological polar surface area (TPSA) is 63.1 Å². The molecular weight excluding hydrogens is 338 g/mol. The summed E-state index contributed by atoms with van der Waals surface area (Å²) in [7, 11) is 0. The lowest BCUT2D eigenvalue weighted by Gasteiger charge is -2.32. The van der Waals surface area contributed by atoms with Crippen molar-refractivity contribution in [3.05, 3.63) is 11.6 Å². The number of aromatic nitrogens is 3. The van der Waals surface area contributed by atoms with Crippen molar-refractivity contribution >= 4 is 18.3 Å². The monoisotopic (exact) mass is 367 g/mol. The van der Waals surface area contributed by atoms with Crippen LogP contribution < -0.4 is 5.32 Å². The highest BCUT2D eigenvalue weighted by Crippen LogP contribution is 2.68. The molecule has 1 aromatic rings. The van der Waals surface area contributed by atoms with Crippen LogP contribution in [0.5, 0.6) is 0 Å². The van der Waals surface area contributed by atoms with Crippen molar-refractivity contribution in [1.29, 1.82) is 0 Å². The number of halogens is 1. The molecule has 7 heteroatoms. The van der Waals surface area contributed by atoms with E-state index in [1.165, 1.54) is 0 Å². The van der Waals surface area contributed by atoms with Crippen molar-refractivity contribution in [2.24, 2.45) is 16.7 Å². The summed E-state index contributed by atoms with van der Waals surface area (Å²) in [5, 5.41) is 12.1. The molecule has 0 unspecified atom stereocenters. The predicted octanol–water partition coefficient (Wildman–Crippen LogP) is 2.19. The molecule has 1 aliphatic carbocycles. The van der Waals surface area contributed by atoms with Gasteiger partial charge in [0.1, 0.15) is 11.6 Å². The quantitative estimate of drug-likeness (QED) is 0.870. The van der Waals surface area contributed by atoms with E-state index in [1.54, 1.807) is 0 Å². The summed E-state index contributed by atoms with van der Waals surface area (Å²) in [6, 6.07) is 0. The maximum atomic E-state index is 12.9. The summed E-state index contributed by atoms with van der Waals surface area (Å²) in [5.74, 6) is 3.15. The molecule has 3 heterocycles. The lowest BCUT2D eigenvalue weighted by atomic mass is 9.95. The Morgan fingerprint density at radius 3 is 2.32 bits per heavy atom. The Bertz CT molecular complexity index is 646. The molecule has 1 saturated carbocycles. The molecule has 140 valence electrons. The Morgan fingerprint density at radius 2 is 1.72 bits per heavy atom. The van der Waals surface area contributed by atoms with E-state index in [2.05, 4.69) is 52.7 Å². The van der Waals surface area contributed by atoms with Crippen molar-refractivity contribution in [3.8, 4) is 0 Å². The molecule has 1 N–H and O–H groups in total. The van der Waals surface area contributed by atoms with E-state index in [-0.39, 0.29) is 29.2 Å². The van der Waals surface area contributed by atoms with Crippen LogP contribution in [0, 0.1) is 16.7 Å². The third kappa shape index (κ3) is 2.78. The van der Waals surface area contributed by atoms with Gasteiger partial charge in [0, 0.05) is 38.0 Å². The molecule has 0 aromatic carbocycles. The normalized spacial score (nSPS) is 25.2. The van der Waals surface area contributed by atoms with Crippen LogP contribution in [-0.2, 0) is 17.9 Å². The largest absolute Gasteiger partial charge is 0.342 e. The van der Waals surface area contributed by atoms with Gasteiger partial charge in [0.05, 0.1) is 6.54 Å². The number of nitrogens with zero attached hydrogens (tertiary/aromatic N) is 4. The summed E-state index contributed by atoms with van der Waals surface area (Å²) in [6.07, 6.45) is 2.01. The Labute approximate surface area is 156 Å². The number of amides is 1. The zero-order chi connectivity index (χ0) is 17.1. The van der Waals surface area contributed by atoms with Crippen LogP contribution in [0.1, 0.15) is 58.1 Å². The first-order chi connectivity index (χ1) is 11.3. The number of nitrogens with one attached hydrogen (secondary N) is 1. The minimum absolute atomic E-state index is 0. The Kier molecular flexibility index (Phi) is 4.65. The van der Waals surface area contributed by atoms with Crippen LogP contribution in [-0.4, -0.2) is 45.2 Å². The summed E-state index contributed by atoms with van der Waals surface area (Å²) in [6.45, 7) is 13.4. The fourth-order valence-electron chi connectivity index (χ4n) is 4.77. The first kappa shape index (κ1) is 18.6. The highest BCUT2D eigenvalue weighted by atomic mass is 35.5. The van der Waals surface area contributed by atoms with Gasteiger partial charge < -0.3 is 14.8 Å². The molecule has 0 radical (unpaired) electrons. The van der Waals surface area contributed by atoms with Gasteiger partial charge >= 0.3 is 0 Å². The van der Waals surface area contributed by atoms with Crippen molar-refractivity contribution in [2.45, 2.75) is 59.5 Å². The van der Waals surface area contributed by atoms with E-state index in [0.717, 1.165) is 57.2 Å². The average Bonchev–Trinajstić information content (AvgIpc) is 2.88. The summed E-state index contributed by atoms with van der Waals surface area (Å²) >= 11 is 0. The maximum Gasteiger partial charge on any atom is 0.226 e. The molecule has 1 amide bonds. The number of rotatable bonds is 2. The third-order valence-electron chi connectivity index (χ3n) is 7.09. The Balaban J connectivity index is 0.00000182. The number of likely N-dealkylation sites (tertiary alicyclic amines) is 1. The SMILES string of the molecule is CC1(C)C(C(=O)N2CCC(c3nnc4n3CCNC4)CC2)C1(C)C.Cl. The Hall–Kier alpha value is -1.14. The highest BCUT2D eigenvalue weighted by Gasteiger charge is 2.68. The van der Waals surface area contributed by atoms with Crippen LogP contribution in [0.4, 0.5) is 0 Å². The minimum Gasteiger partial charge on any atom is -0.342 e. The van der Waals surface area contributed by atoms with Gasteiger partial charge in [0.25, 0.3) is 0 Å². The van der Waals surface area contributed by atoms with Crippen LogP contribution in [0.25, 0.3) is 0 Å². The lowest BCUT2D eigenvalue weighted by Crippen LogP contribution is -2.40. The fraction of sp³-hybridized carbons (Fsp3) is 0.833. The molecule has 0 spiro atoms. The number of carbonyl (C=O) groups excluding carboxylic acids is 1. The van der Waals surface area contributed by atoms with Gasteiger partial charge in [-0.25, -0.2) is 0 Å². The van der Waals surface area contributed by atoms with Gasteiger partial charge in [-0.15, -0.1) is 22.6 Å². The lowest BCUT2D eigenvalue weighted by molar-refractivity contribution is -0.135. The van der Waals surface area contributed by atoms with E-state index in [4.69, 9.17) is 0 Å². The minimum atomic E-state index is 0. The van der Waals surface area contributed by atoms with E-state index in [1.807, 2.05) is 0 Å². The second-order valence-electron chi connectivity index (χ2n) is 8.78. The van der Waals surface area contributed by atoms with Crippen molar-refractivity contribution in [1.82, 2.24) is 25.0 Å². The second kappa shape index (κ2) is 6.23. The van der Waals surface area contributed by atoms with Gasteiger partial charge in [-0.1, -0.05) is 27.7 Å². The van der Waals surface area contributed by atoms with E-state index in [0.29, 0.717) is 11.8 Å². The van der Waals surface area contributed by atoms with Crippen LogP contribution >= 0.6 is 12.4 Å². The molecule has 25 heavy (non-hydrogen) atoms. The van der Waals surface area contributed by atoms with Gasteiger partial charge in [-0.2, -0.15) is 0 Å². The van der Waals surface area contributed by atoms with Crippen LogP contribution in [0.2, 0.25) is 0 Å². The number of piperidine rings is 1. The zero-order valence-electron chi connectivity index (χ0n) is 15.7. The summed E-state index contributed by atoms with van der Waals surface area (Å²) in [4.78, 5) is 15.0. The molecule has 0 atom stereocenters. The molecule has 4 rings (SSSR count). The fourth-order valence-corrected chi connectivity index (χ4v) is 4.77. The standard InChI is InChI=1S/C18H29N5O.ClH/c1-17(2)14(18(17,3)4)16(24)22-8-5-12(6-9-22)15-21-20-13-11-19-7-10-23(13)15;/h12,14,19H,5-11H2,1-4H3;1H. The number of carbonyl (C=O) groups is 1. The third-order valence-corrected chi connectivity index (χ3v) is 7.09. The van der Waals surface area contributed by atoms with Gasteiger partial charge in [0.15, 0.2) is 0 Å².